The van der Waals surface area contributed by atoms with E-state index in [0.717, 1.165) is 12.1 Å². The number of rotatable bonds is 7. The fourth-order valence-electron chi connectivity index (χ4n) is 2.50. The molecule has 0 radical (unpaired) electrons. The average molecular weight is 496 g/mol. The molecule has 0 spiro atoms. The number of halogens is 13. The van der Waals surface area contributed by atoms with Crippen molar-refractivity contribution in [3.8, 4) is 0 Å². The summed E-state index contributed by atoms with van der Waals surface area (Å²) in [6.45, 7) is 5.14. The molecule has 0 aliphatic rings. The summed E-state index contributed by atoms with van der Waals surface area (Å²) in [5.74, 6) is -37.3. The van der Waals surface area contributed by atoms with E-state index in [2.05, 4.69) is 0 Å². The summed E-state index contributed by atoms with van der Waals surface area (Å²) in [6.07, 6.45) is -12.8. The molecule has 0 aliphatic carbocycles. The standard InChI is InChI=1S/C18H17F13O/c1-12(2,3)10-6-4-9(5-7-10)11(32)8-13(19,20)14(21,22)15(23,24)16(25,26)17(27,28)18(29,30)31/h4-7,11,32H,8H2,1-3H3. The smallest absolute Gasteiger partial charge is 0.388 e. The molecule has 1 N–H and O–H groups in total. The Bertz CT molecular complexity index is 789. The van der Waals surface area contributed by atoms with Crippen molar-refractivity contribution in [2.24, 2.45) is 0 Å². The van der Waals surface area contributed by atoms with E-state index in [-0.39, 0.29) is 0 Å². The molecule has 0 heterocycles. The highest BCUT2D eigenvalue weighted by Gasteiger charge is 2.90. The van der Waals surface area contributed by atoms with Crippen LogP contribution in [0.2, 0.25) is 0 Å². The lowest BCUT2D eigenvalue weighted by atomic mass is 9.85. The van der Waals surface area contributed by atoms with Gasteiger partial charge in [0.2, 0.25) is 0 Å². The Balaban J connectivity index is 3.30. The fraction of sp³-hybridized carbons (Fsp3) is 0.667. The van der Waals surface area contributed by atoms with Crippen LogP contribution in [0, 0.1) is 0 Å². The van der Waals surface area contributed by atoms with Crippen LogP contribution in [0.25, 0.3) is 0 Å². The molecule has 0 amide bonds. The highest BCUT2D eigenvalue weighted by atomic mass is 19.4. The zero-order chi connectivity index (χ0) is 25.8. The summed E-state index contributed by atoms with van der Waals surface area (Å²) in [7, 11) is 0. The first kappa shape index (κ1) is 28.3. The van der Waals surface area contributed by atoms with Gasteiger partial charge >= 0.3 is 35.8 Å². The highest BCUT2D eigenvalue weighted by Crippen LogP contribution is 2.61. The van der Waals surface area contributed by atoms with E-state index in [4.69, 9.17) is 0 Å². The third-order valence-corrected chi connectivity index (χ3v) is 4.61. The SMILES string of the molecule is CC(C)(C)c1ccc(C(O)CC(F)(F)C(F)(F)C(F)(F)C(F)(F)C(F)(F)C(F)(F)F)cc1. The van der Waals surface area contributed by atoms with Gasteiger partial charge in [-0.1, -0.05) is 45.0 Å². The van der Waals surface area contributed by atoms with Crippen LogP contribution in [0.1, 0.15) is 44.4 Å². The molecule has 0 aromatic heterocycles. The van der Waals surface area contributed by atoms with Crippen LogP contribution >= 0.6 is 0 Å². The molecular weight excluding hydrogens is 479 g/mol. The van der Waals surface area contributed by atoms with E-state index in [1.54, 1.807) is 20.8 Å². The topological polar surface area (TPSA) is 20.2 Å². The van der Waals surface area contributed by atoms with Crippen molar-refractivity contribution in [2.45, 2.75) is 74.5 Å². The lowest BCUT2D eigenvalue weighted by Gasteiger charge is -2.40. The summed E-state index contributed by atoms with van der Waals surface area (Å²) in [5.41, 5.74) is -0.479. The second-order valence-electron chi connectivity index (χ2n) is 8.09. The van der Waals surface area contributed by atoms with Gasteiger partial charge in [-0.05, 0) is 16.5 Å². The lowest BCUT2D eigenvalue weighted by Crippen LogP contribution is -2.70. The number of aliphatic hydroxyl groups is 1. The fourth-order valence-corrected chi connectivity index (χ4v) is 2.50. The molecule has 1 atom stereocenters. The number of benzene rings is 1. The molecular formula is C18H17F13O. The molecule has 0 aliphatic heterocycles. The van der Waals surface area contributed by atoms with Gasteiger partial charge in [-0.15, -0.1) is 0 Å². The second-order valence-corrected chi connectivity index (χ2v) is 8.09. The summed E-state index contributed by atoms with van der Waals surface area (Å²) in [5, 5.41) is 9.70. The van der Waals surface area contributed by atoms with Crippen molar-refractivity contribution in [3.05, 3.63) is 35.4 Å². The van der Waals surface area contributed by atoms with Gasteiger partial charge in [-0.3, -0.25) is 0 Å². The highest BCUT2D eigenvalue weighted by molar-refractivity contribution is 5.29. The van der Waals surface area contributed by atoms with Crippen molar-refractivity contribution in [3.63, 3.8) is 0 Å². The van der Waals surface area contributed by atoms with Gasteiger partial charge < -0.3 is 5.11 Å². The van der Waals surface area contributed by atoms with Gasteiger partial charge in [0.1, 0.15) is 0 Å². The zero-order valence-electron chi connectivity index (χ0n) is 16.5. The van der Waals surface area contributed by atoms with Crippen molar-refractivity contribution in [1.82, 2.24) is 0 Å². The van der Waals surface area contributed by atoms with Crippen molar-refractivity contribution < 1.29 is 62.2 Å². The predicted molar refractivity (Wildman–Crippen MR) is 85.5 cm³/mol. The first-order valence-corrected chi connectivity index (χ1v) is 8.59. The van der Waals surface area contributed by atoms with Crippen LogP contribution < -0.4 is 0 Å². The van der Waals surface area contributed by atoms with Gasteiger partial charge in [-0.2, -0.15) is 57.1 Å². The predicted octanol–water partition coefficient (Wildman–Crippen LogP) is 7.15. The normalized spacial score (nSPS) is 16.3. The Hall–Kier alpha value is -1.73. The van der Waals surface area contributed by atoms with Gasteiger partial charge in [-0.25, -0.2) is 0 Å². The maximum Gasteiger partial charge on any atom is 0.460 e. The van der Waals surface area contributed by atoms with Crippen LogP contribution in [0.3, 0.4) is 0 Å². The molecule has 0 fully saturated rings. The minimum Gasteiger partial charge on any atom is -0.388 e. The first-order valence-electron chi connectivity index (χ1n) is 8.59. The van der Waals surface area contributed by atoms with Gasteiger partial charge in [0.25, 0.3) is 0 Å². The second kappa shape index (κ2) is 7.94. The van der Waals surface area contributed by atoms with E-state index in [0.29, 0.717) is 5.56 Å². The molecule has 1 unspecified atom stereocenters. The van der Waals surface area contributed by atoms with Crippen LogP contribution in [0.15, 0.2) is 24.3 Å². The Morgan fingerprint density at radius 2 is 1.00 bits per heavy atom. The van der Waals surface area contributed by atoms with Crippen LogP contribution in [0.5, 0.6) is 0 Å². The summed E-state index contributed by atoms with van der Waals surface area (Å²) < 4.78 is 170. The van der Waals surface area contributed by atoms with Gasteiger partial charge in [0.15, 0.2) is 0 Å². The van der Waals surface area contributed by atoms with Crippen molar-refractivity contribution >= 4 is 0 Å². The monoisotopic (exact) mass is 496 g/mol. The first-order chi connectivity index (χ1) is 13.8. The largest absolute Gasteiger partial charge is 0.460 e. The Morgan fingerprint density at radius 3 is 1.34 bits per heavy atom. The average Bonchev–Trinajstić information content (AvgIpc) is 2.59. The van der Waals surface area contributed by atoms with E-state index in [1.165, 1.54) is 12.1 Å². The molecule has 0 bridgehead atoms. The molecule has 1 rings (SSSR count). The van der Waals surface area contributed by atoms with Crippen LogP contribution in [-0.2, 0) is 5.41 Å². The Kier molecular flexibility index (Phi) is 7.02. The van der Waals surface area contributed by atoms with E-state index < -0.39 is 59.3 Å². The molecule has 1 aromatic rings. The lowest BCUT2D eigenvalue weighted by molar-refractivity contribution is -0.440. The van der Waals surface area contributed by atoms with Crippen molar-refractivity contribution in [1.29, 1.82) is 0 Å². The van der Waals surface area contributed by atoms with Crippen LogP contribution in [0.4, 0.5) is 57.1 Å². The number of hydrogen-bond acceptors (Lipinski definition) is 1. The number of alkyl halides is 13. The molecule has 14 heteroatoms. The van der Waals surface area contributed by atoms with E-state index in [1.807, 2.05) is 0 Å². The summed E-state index contributed by atoms with van der Waals surface area (Å²) in [6, 6.07) is 4.37. The molecule has 186 valence electrons. The molecule has 1 aromatic carbocycles. The quantitative estimate of drug-likeness (QED) is 0.398. The molecule has 0 saturated heterocycles. The van der Waals surface area contributed by atoms with E-state index in [9.17, 15) is 62.2 Å². The van der Waals surface area contributed by atoms with Crippen LogP contribution in [-0.4, -0.2) is 40.9 Å². The third-order valence-electron chi connectivity index (χ3n) is 4.61. The molecule has 0 saturated carbocycles. The minimum absolute atomic E-state index is 0.488. The number of aliphatic hydroxyl groups excluding tert-OH is 1. The molecule has 32 heavy (non-hydrogen) atoms. The van der Waals surface area contributed by atoms with Crippen molar-refractivity contribution in [2.75, 3.05) is 0 Å². The zero-order valence-corrected chi connectivity index (χ0v) is 16.5. The van der Waals surface area contributed by atoms with Gasteiger partial charge in [0, 0.05) is 6.42 Å². The Morgan fingerprint density at radius 1 is 0.625 bits per heavy atom. The minimum atomic E-state index is -7.95. The Labute approximate surface area is 173 Å². The summed E-state index contributed by atoms with van der Waals surface area (Å²) in [4.78, 5) is 0. The number of hydrogen-bond donors (Lipinski definition) is 1. The maximum absolute atomic E-state index is 13.9. The van der Waals surface area contributed by atoms with E-state index >= 15 is 0 Å². The molecule has 1 nitrogen and oxygen atoms in total. The third kappa shape index (κ3) is 4.51. The van der Waals surface area contributed by atoms with Gasteiger partial charge in [0.05, 0.1) is 6.10 Å². The summed E-state index contributed by atoms with van der Waals surface area (Å²) >= 11 is 0. The maximum atomic E-state index is 13.9.